The maximum atomic E-state index is 12.3. The smallest absolute Gasteiger partial charge is 0.288 e. The van der Waals surface area contributed by atoms with Gasteiger partial charge in [0.05, 0.1) is 5.25 Å². The van der Waals surface area contributed by atoms with Gasteiger partial charge in [-0.1, -0.05) is 37.4 Å². The number of hydrogen-bond donors (Lipinski definition) is 2. The highest BCUT2D eigenvalue weighted by Gasteiger charge is 2.18. The molecule has 0 fully saturated rings. The number of halogens is 2. The molecule has 0 bridgehead atoms. The summed E-state index contributed by atoms with van der Waals surface area (Å²) >= 11 is 1.72. The number of nitrogens with zero attached hydrogens (tertiary/aromatic N) is 2. The van der Waals surface area contributed by atoms with Crippen LogP contribution >= 0.6 is 23.5 Å². The van der Waals surface area contributed by atoms with Gasteiger partial charge >= 0.3 is 0 Å². The number of nitrogens with one attached hydrogen (secondary N) is 2. The molecular weight excluding hydrogens is 354 g/mol. The maximum absolute atomic E-state index is 12.3. The molecule has 0 aliphatic carbocycles. The van der Waals surface area contributed by atoms with Crippen molar-refractivity contribution in [2.24, 2.45) is 0 Å². The normalized spacial score (nSPS) is 12.6. The highest BCUT2D eigenvalue weighted by atomic mass is 32.2. The van der Waals surface area contributed by atoms with Crippen LogP contribution in [0.15, 0.2) is 34.3 Å². The van der Waals surface area contributed by atoms with Gasteiger partial charge in [0.25, 0.3) is 5.76 Å². The molecule has 1 aromatic heterocycles. The Bertz CT molecular complexity index is 676. The second kappa shape index (κ2) is 8.48. The fraction of sp³-hybridized carbons (Fsp3) is 0.400. The van der Waals surface area contributed by atoms with Crippen molar-refractivity contribution in [1.29, 1.82) is 0 Å². The fourth-order valence-corrected chi connectivity index (χ4v) is 2.97. The van der Waals surface area contributed by atoms with E-state index in [-0.39, 0.29) is 11.8 Å². The Kier molecular flexibility index (Phi) is 6.61. The number of carbonyl (C=O) groups is 1. The third-order valence-electron chi connectivity index (χ3n) is 3.03. The van der Waals surface area contributed by atoms with Gasteiger partial charge in [-0.25, -0.2) is 4.98 Å². The lowest BCUT2D eigenvalue weighted by molar-refractivity contribution is -0.115. The second-order valence-electron chi connectivity index (χ2n) is 5.31. The van der Waals surface area contributed by atoms with Crippen molar-refractivity contribution in [2.45, 2.75) is 47.7 Å². The van der Waals surface area contributed by atoms with E-state index in [1.807, 2.05) is 13.8 Å². The summed E-state index contributed by atoms with van der Waals surface area (Å²) in [5.74, 6) is -1.65. The third-order valence-corrected chi connectivity index (χ3v) is 4.71. The van der Waals surface area contributed by atoms with Crippen LogP contribution in [-0.4, -0.2) is 32.1 Å². The van der Waals surface area contributed by atoms with E-state index >= 15 is 0 Å². The Morgan fingerprint density at radius 2 is 1.83 bits per heavy atom. The molecular formula is C15H18F2N4OS2. The van der Waals surface area contributed by atoms with E-state index in [2.05, 4.69) is 20.5 Å². The molecule has 0 saturated carbocycles. The van der Waals surface area contributed by atoms with Crippen LogP contribution in [0.5, 0.6) is 0 Å². The third kappa shape index (κ3) is 5.48. The number of anilines is 1. The first kappa shape index (κ1) is 18.7. The molecule has 9 heteroatoms. The van der Waals surface area contributed by atoms with Gasteiger partial charge in [0.1, 0.15) is 5.82 Å². The lowest BCUT2D eigenvalue weighted by Crippen LogP contribution is -2.22. The zero-order valence-electron chi connectivity index (χ0n) is 13.4. The van der Waals surface area contributed by atoms with Crippen LogP contribution < -0.4 is 5.32 Å². The van der Waals surface area contributed by atoms with Crippen molar-refractivity contribution in [1.82, 2.24) is 15.2 Å². The van der Waals surface area contributed by atoms with E-state index in [4.69, 9.17) is 0 Å². The predicted octanol–water partition coefficient (Wildman–Crippen LogP) is 4.36. The number of thioether (sulfide) groups is 2. The van der Waals surface area contributed by atoms with Gasteiger partial charge < -0.3 is 5.32 Å². The highest BCUT2D eigenvalue weighted by molar-refractivity contribution is 8.00. The SMILES string of the molecule is CC(C)c1nc(S[C@@H](C)C(=O)Nc2ccc(SC(F)F)cc2)n[nH]1. The number of alkyl halides is 2. The highest BCUT2D eigenvalue weighted by Crippen LogP contribution is 2.27. The van der Waals surface area contributed by atoms with Gasteiger partial charge in [-0.15, -0.1) is 5.10 Å². The van der Waals surface area contributed by atoms with E-state index in [1.165, 1.54) is 11.8 Å². The summed E-state index contributed by atoms with van der Waals surface area (Å²) in [6.45, 7) is 5.76. The van der Waals surface area contributed by atoms with Crippen LogP contribution in [0.3, 0.4) is 0 Å². The minimum atomic E-state index is -2.46. The van der Waals surface area contributed by atoms with Gasteiger partial charge in [-0.05, 0) is 31.2 Å². The van der Waals surface area contributed by atoms with E-state index in [9.17, 15) is 13.6 Å². The van der Waals surface area contributed by atoms with E-state index in [1.54, 1.807) is 31.2 Å². The molecule has 1 heterocycles. The van der Waals surface area contributed by atoms with Crippen LogP contribution in [0.4, 0.5) is 14.5 Å². The van der Waals surface area contributed by atoms with Crippen molar-refractivity contribution in [3.05, 3.63) is 30.1 Å². The van der Waals surface area contributed by atoms with Gasteiger partial charge in [-0.3, -0.25) is 9.89 Å². The molecule has 2 rings (SSSR count). The molecule has 0 aliphatic heterocycles. The number of H-pyrrole nitrogens is 1. The fourth-order valence-electron chi connectivity index (χ4n) is 1.74. The average Bonchev–Trinajstić information content (AvgIpc) is 2.97. The number of rotatable bonds is 7. The molecule has 2 N–H and O–H groups in total. The first-order valence-corrected chi connectivity index (χ1v) is 9.05. The molecule has 0 radical (unpaired) electrons. The summed E-state index contributed by atoms with van der Waals surface area (Å²) in [7, 11) is 0. The van der Waals surface area contributed by atoms with E-state index in [0.29, 0.717) is 27.5 Å². The first-order chi connectivity index (χ1) is 11.3. The van der Waals surface area contributed by atoms with Crippen molar-refractivity contribution >= 4 is 35.1 Å². The molecule has 1 atom stereocenters. The lowest BCUT2D eigenvalue weighted by Gasteiger charge is -2.10. The van der Waals surface area contributed by atoms with Crippen LogP contribution in [0.2, 0.25) is 0 Å². The summed E-state index contributed by atoms with van der Waals surface area (Å²) in [6.07, 6.45) is 0. The Balaban J connectivity index is 1.90. The quantitative estimate of drug-likeness (QED) is 0.707. The van der Waals surface area contributed by atoms with Crippen molar-refractivity contribution in [3.8, 4) is 0 Å². The summed E-state index contributed by atoms with van der Waals surface area (Å²) in [5, 5.41) is 9.80. The van der Waals surface area contributed by atoms with Gasteiger partial charge in [0.2, 0.25) is 11.1 Å². The standard InChI is InChI=1S/C15H18F2N4OS2/c1-8(2)12-19-15(21-20-12)23-9(3)13(22)18-10-4-6-11(7-5-10)24-14(16)17/h4-9,14H,1-3H3,(H,18,22)(H,19,20,21)/t9-/m0/s1. The van der Waals surface area contributed by atoms with Crippen molar-refractivity contribution in [3.63, 3.8) is 0 Å². The zero-order valence-corrected chi connectivity index (χ0v) is 15.0. The number of amides is 1. The minimum absolute atomic E-state index is 0.204. The average molecular weight is 372 g/mol. The van der Waals surface area contributed by atoms with Crippen LogP contribution in [-0.2, 0) is 4.79 Å². The number of hydrogen-bond acceptors (Lipinski definition) is 5. The summed E-state index contributed by atoms with van der Waals surface area (Å²) in [5.41, 5.74) is 0.559. The summed E-state index contributed by atoms with van der Waals surface area (Å²) in [6, 6.07) is 6.30. The van der Waals surface area contributed by atoms with Crippen LogP contribution in [0, 0.1) is 0 Å². The largest absolute Gasteiger partial charge is 0.325 e. The zero-order chi connectivity index (χ0) is 17.7. The maximum Gasteiger partial charge on any atom is 0.288 e. The van der Waals surface area contributed by atoms with Gasteiger partial charge in [0.15, 0.2) is 0 Å². The van der Waals surface area contributed by atoms with E-state index in [0.717, 1.165) is 5.82 Å². The molecule has 0 saturated heterocycles. The monoisotopic (exact) mass is 372 g/mol. The topological polar surface area (TPSA) is 70.7 Å². The second-order valence-corrected chi connectivity index (χ2v) is 7.68. The number of carbonyl (C=O) groups excluding carboxylic acids is 1. The Labute approximate surface area is 147 Å². The van der Waals surface area contributed by atoms with Crippen molar-refractivity contribution in [2.75, 3.05) is 5.32 Å². The van der Waals surface area contributed by atoms with Gasteiger partial charge in [-0.2, -0.15) is 8.78 Å². The Hall–Kier alpha value is -1.61. The predicted molar refractivity (Wildman–Crippen MR) is 92.7 cm³/mol. The van der Waals surface area contributed by atoms with Crippen LogP contribution in [0.25, 0.3) is 0 Å². The van der Waals surface area contributed by atoms with Crippen LogP contribution in [0.1, 0.15) is 32.5 Å². The molecule has 0 unspecified atom stereocenters. The number of aromatic nitrogens is 3. The summed E-state index contributed by atoms with van der Waals surface area (Å²) in [4.78, 5) is 17.0. The first-order valence-electron chi connectivity index (χ1n) is 7.30. The molecule has 1 amide bonds. The number of benzene rings is 1. The molecule has 0 aliphatic rings. The van der Waals surface area contributed by atoms with Crippen molar-refractivity contribution < 1.29 is 13.6 Å². The minimum Gasteiger partial charge on any atom is -0.325 e. The molecule has 130 valence electrons. The Morgan fingerprint density at radius 1 is 1.17 bits per heavy atom. The molecule has 2 aromatic rings. The molecule has 24 heavy (non-hydrogen) atoms. The number of aromatic amines is 1. The molecule has 0 spiro atoms. The lowest BCUT2D eigenvalue weighted by atomic mass is 10.2. The molecule has 1 aromatic carbocycles. The summed E-state index contributed by atoms with van der Waals surface area (Å²) < 4.78 is 24.5. The van der Waals surface area contributed by atoms with Gasteiger partial charge in [0, 0.05) is 16.5 Å². The van der Waals surface area contributed by atoms with E-state index < -0.39 is 11.0 Å². The Morgan fingerprint density at radius 3 is 2.38 bits per heavy atom. The molecule has 5 nitrogen and oxygen atoms in total.